The van der Waals surface area contributed by atoms with E-state index in [0.29, 0.717) is 22.9 Å². The Bertz CT molecular complexity index is 717. The molecule has 128 valence electrons. The number of benzene rings is 1. The summed E-state index contributed by atoms with van der Waals surface area (Å²) in [5, 5.41) is 20.0. The summed E-state index contributed by atoms with van der Waals surface area (Å²) in [5.41, 5.74) is 0.237. The van der Waals surface area contributed by atoms with Crippen LogP contribution >= 0.6 is 11.8 Å². The monoisotopic (exact) mass is 351 g/mol. The van der Waals surface area contributed by atoms with Gasteiger partial charge in [0.1, 0.15) is 5.56 Å². The van der Waals surface area contributed by atoms with Crippen LogP contribution in [-0.4, -0.2) is 47.8 Å². The molecule has 1 aromatic rings. The van der Waals surface area contributed by atoms with Gasteiger partial charge in [0.2, 0.25) is 5.91 Å². The lowest BCUT2D eigenvalue weighted by molar-refractivity contribution is -0.118. The van der Waals surface area contributed by atoms with Crippen molar-refractivity contribution in [3.05, 3.63) is 23.3 Å². The number of hydrogen-bond donors (Lipinski definition) is 2. The van der Waals surface area contributed by atoms with E-state index in [1.807, 2.05) is 6.92 Å². The van der Waals surface area contributed by atoms with Crippen molar-refractivity contribution in [2.75, 3.05) is 14.2 Å². The molecule has 1 amide bonds. The normalized spacial score (nSPS) is 18.9. The van der Waals surface area contributed by atoms with Gasteiger partial charge in [0.05, 0.1) is 25.7 Å². The predicted molar refractivity (Wildman–Crippen MR) is 91.3 cm³/mol. The van der Waals surface area contributed by atoms with Gasteiger partial charge in [0.15, 0.2) is 16.7 Å². The van der Waals surface area contributed by atoms with Crippen LogP contribution in [0.1, 0.15) is 29.3 Å². The molecule has 0 aliphatic carbocycles. The molecule has 0 saturated carbocycles. The Morgan fingerprint density at radius 1 is 1.42 bits per heavy atom. The van der Waals surface area contributed by atoms with Gasteiger partial charge in [-0.15, -0.1) is 5.10 Å². The second kappa shape index (κ2) is 7.82. The molecule has 24 heavy (non-hydrogen) atoms. The van der Waals surface area contributed by atoms with E-state index in [9.17, 15) is 14.7 Å². The number of carbonyl (C=O) groups is 2. The van der Waals surface area contributed by atoms with Crippen molar-refractivity contribution < 1.29 is 24.2 Å². The van der Waals surface area contributed by atoms with E-state index in [-0.39, 0.29) is 22.5 Å². The number of nitrogens with one attached hydrogen (secondary N) is 1. The largest absolute Gasteiger partial charge is 0.493 e. The van der Waals surface area contributed by atoms with Crippen molar-refractivity contribution in [3.8, 4) is 11.5 Å². The number of carbonyl (C=O) groups excluding carboxylic acids is 1. The van der Waals surface area contributed by atoms with Crippen LogP contribution in [0.3, 0.4) is 0 Å². The van der Waals surface area contributed by atoms with E-state index in [1.54, 1.807) is 12.1 Å². The van der Waals surface area contributed by atoms with Crippen LogP contribution in [-0.2, 0) is 4.79 Å². The number of aromatic carboxylic acids is 1. The molecule has 8 nitrogen and oxygen atoms in total. The lowest BCUT2D eigenvalue weighted by atomic mass is 10.1. The molecular weight excluding hydrogens is 334 g/mol. The average molecular weight is 351 g/mol. The number of carboxylic acid groups (broad SMARTS) is 1. The molecule has 1 fully saturated rings. The van der Waals surface area contributed by atoms with Gasteiger partial charge < -0.3 is 19.9 Å². The number of methoxy groups -OCH3 is 2. The Balaban J connectivity index is 2.30. The Hall–Kier alpha value is -2.55. The van der Waals surface area contributed by atoms with E-state index >= 15 is 0 Å². The van der Waals surface area contributed by atoms with E-state index in [4.69, 9.17) is 9.47 Å². The number of thioether (sulfide) groups is 1. The molecule has 1 saturated heterocycles. The minimum atomic E-state index is -1.17. The summed E-state index contributed by atoms with van der Waals surface area (Å²) in [7, 11) is 2.79. The first-order valence-corrected chi connectivity index (χ1v) is 7.96. The number of hydrogen-bond acceptors (Lipinski definition) is 7. The summed E-state index contributed by atoms with van der Waals surface area (Å²) in [6, 6.07) is 3.13. The van der Waals surface area contributed by atoms with Crippen LogP contribution in [0, 0.1) is 0 Å². The van der Waals surface area contributed by atoms with Crippen LogP contribution in [0.15, 0.2) is 22.3 Å². The first-order chi connectivity index (χ1) is 11.5. The molecule has 1 heterocycles. The fourth-order valence-electron chi connectivity index (χ4n) is 2.13. The van der Waals surface area contributed by atoms with Gasteiger partial charge in [-0.1, -0.05) is 18.7 Å². The molecule has 1 aliphatic heterocycles. The Morgan fingerprint density at radius 3 is 2.71 bits per heavy atom. The average Bonchev–Trinajstić information content (AvgIpc) is 2.93. The zero-order valence-corrected chi connectivity index (χ0v) is 14.2. The fraction of sp³-hybridized carbons (Fsp3) is 0.333. The lowest BCUT2D eigenvalue weighted by Gasteiger charge is -2.11. The van der Waals surface area contributed by atoms with Crippen LogP contribution in [0.2, 0.25) is 0 Å². The summed E-state index contributed by atoms with van der Waals surface area (Å²) in [6.45, 7) is 1.91. The van der Waals surface area contributed by atoms with E-state index < -0.39 is 5.97 Å². The molecule has 2 rings (SSSR count). The smallest absolute Gasteiger partial charge is 0.340 e. The summed E-state index contributed by atoms with van der Waals surface area (Å²) >= 11 is 1.29. The maximum Gasteiger partial charge on any atom is 0.340 e. The standard InChI is InChI=1S/C15H17N3O5S/c1-4-10-13(19)17-15(24-10)18-16-7-8-5-6-9(22-2)12(23-3)11(8)14(20)21/h5-7,10H,4H2,1-3H3,(H,20,21)(H,17,18,19)/b16-7-. The Kier molecular flexibility index (Phi) is 5.80. The third kappa shape index (κ3) is 3.67. The molecular formula is C15H17N3O5S. The van der Waals surface area contributed by atoms with Crippen LogP contribution in [0.4, 0.5) is 0 Å². The molecule has 9 heteroatoms. The molecule has 1 aliphatic rings. The van der Waals surface area contributed by atoms with Crippen molar-refractivity contribution in [2.45, 2.75) is 18.6 Å². The molecule has 0 bridgehead atoms. The highest BCUT2D eigenvalue weighted by atomic mass is 32.2. The first kappa shape index (κ1) is 17.8. The molecule has 1 unspecified atom stereocenters. The minimum Gasteiger partial charge on any atom is -0.493 e. The third-order valence-corrected chi connectivity index (χ3v) is 4.52. The zero-order valence-electron chi connectivity index (χ0n) is 13.4. The molecule has 0 aromatic heterocycles. The fourth-order valence-corrected chi connectivity index (χ4v) is 2.99. The van der Waals surface area contributed by atoms with Gasteiger partial charge in [0.25, 0.3) is 0 Å². The van der Waals surface area contributed by atoms with Crippen molar-refractivity contribution in [3.63, 3.8) is 0 Å². The molecule has 0 radical (unpaired) electrons. The highest BCUT2D eigenvalue weighted by Crippen LogP contribution is 2.33. The lowest BCUT2D eigenvalue weighted by Crippen LogP contribution is -2.24. The van der Waals surface area contributed by atoms with E-state index in [0.717, 1.165) is 0 Å². The van der Waals surface area contributed by atoms with Gasteiger partial charge in [-0.05, 0) is 18.6 Å². The molecule has 2 N–H and O–H groups in total. The topological polar surface area (TPSA) is 110 Å². The summed E-state index contributed by atoms with van der Waals surface area (Å²) in [5.74, 6) is -0.859. The highest BCUT2D eigenvalue weighted by molar-refractivity contribution is 8.15. The highest BCUT2D eigenvalue weighted by Gasteiger charge is 2.28. The summed E-state index contributed by atoms with van der Waals surface area (Å²) in [6.07, 6.45) is 1.99. The van der Waals surface area contributed by atoms with Crippen molar-refractivity contribution in [1.82, 2.24) is 5.32 Å². The Labute approximate surface area is 142 Å². The summed E-state index contributed by atoms with van der Waals surface area (Å²) < 4.78 is 10.2. The number of ether oxygens (including phenoxy) is 2. The van der Waals surface area contributed by atoms with E-state index in [1.165, 1.54) is 32.2 Å². The zero-order chi connectivity index (χ0) is 17.7. The quantitative estimate of drug-likeness (QED) is 0.597. The van der Waals surface area contributed by atoms with Gasteiger partial charge in [0, 0.05) is 5.56 Å². The second-order valence-electron chi connectivity index (χ2n) is 4.72. The van der Waals surface area contributed by atoms with Crippen LogP contribution < -0.4 is 14.8 Å². The molecule has 1 aromatic carbocycles. The van der Waals surface area contributed by atoms with Gasteiger partial charge in [-0.2, -0.15) is 5.10 Å². The van der Waals surface area contributed by atoms with Crippen LogP contribution in [0.5, 0.6) is 11.5 Å². The number of amidine groups is 1. The van der Waals surface area contributed by atoms with Gasteiger partial charge in [-0.3, -0.25) is 4.79 Å². The van der Waals surface area contributed by atoms with Crippen molar-refractivity contribution in [1.29, 1.82) is 0 Å². The van der Waals surface area contributed by atoms with Crippen molar-refractivity contribution in [2.24, 2.45) is 10.2 Å². The van der Waals surface area contributed by atoms with Gasteiger partial charge >= 0.3 is 5.97 Å². The van der Waals surface area contributed by atoms with E-state index in [2.05, 4.69) is 15.5 Å². The molecule has 0 spiro atoms. The summed E-state index contributed by atoms with van der Waals surface area (Å²) in [4.78, 5) is 23.1. The number of nitrogens with zero attached hydrogens (tertiary/aromatic N) is 2. The number of rotatable bonds is 6. The number of amides is 1. The maximum atomic E-state index is 11.6. The predicted octanol–water partition coefficient (Wildman–Crippen LogP) is 1.73. The van der Waals surface area contributed by atoms with Crippen molar-refractivity contribution >= 4 is 35.0 Å². The Morgan fingerprint density at radius 2 is 2.17 bits per heavy atom. The maximum absolute atomic E-state index is 11.6. The second-order valence-corrected chi connectivity index (χ2v) is 5.92. The van der Waals surface area contributed by atoms with Gasteiger partial charge in [-0.25, -0.2) is 4.79 Å². The third-order valence-electron chi connectivity index (χ3n) is 3.28. The SMILES string of the molecule is CCC1S/C(=N/N=C\c2ccc(OC)c(OC)c2C(=O)O)NC1=O. The number of carboxylic acids is 1. The minimum absolute atomic E-state index is 0.0738. The molecule has 1 atom stereocenters. The first-order valence-electron chi connectivity index (χ1n) is 7.08. The van der Waals surface area contributed by atoms with Crippen LogP contribution in [0.25, 0.3) is 0 Å².